The summed E-state index contributed by atoms with van der Waals surface area (Å²) >= 11 is 0. The van der Waals surface area contributed by atoms with E-state index in [2.05, 4.69) is 5.32 Å². The van der Waals surface area contributed by atoms with E-state index in [0.29, 0.717) is 45.8 Å². The molecule has 2 heterocycles. The first-order valence-electron chi connectivity index (χ1n) is 6.19. The number of nitrogens with two attached hydrogens (primary N) is 1. The van der Waals surface area contributed by atoms with Gasteiger partial charge in [0, 0.05) is 32.6 Å². The predicted molar refractivity (Wildman–Crippen MR) is 62.9 cm³/mol. The van der Waals surface area contributed by atoms with Gasteiger partial charge in [0.15, 0.2) is 0 Å². The lowest BCUT2D eigenvalue weighted by atomic mass is 9.90. The molecule has 0 aromatic rings. The van der Waals surface area contributed by atoms with Crippen molar-refractivity contribution in [2.45, 2.75) is 18.4 Å². The Morgan fingerprint density at radius 3 is 2.72 bits per heavy atom. The molecule has 102 valence electrons. The lowest BCUT2D eigenvalue weighted by molar-refractivity contribution is -0.135. The van der Waals surface area contributed by atoms with Gasteiger partial charge in [-0.05, 0) is 0 Å². The molecule has 1 spiro atoms. The van der Waals surface area contributed by atoms with E-state index in [1.807, 2.05) is 0 Å². The zero-order valence-electron chi connectivity index (χ0n) is 10.3. The fraction of sp³-hybridized carbons (Fsp3) is 0.818. The van der Waals surface area contributed by atoms with Crippen molar-refractivity contribution in [2.24, 2.45) is 5.73 Å². The molecule has 2 fully saturated rings. The van der Waals surface area contributed by atoms with Gasteiger partial charge in [0.05, 0.1) is 19.8 Å². The van der Waals surface area contributed by atoms with Gasteiger partial charge in [0.2, 0.25) is 0 Å². The maximum Gasteiger partial charge on any atom is 0.325 e. The fourth-order valence-corrected chi connectivity index (χ4v) is 2.28. The summed E-state index contributed by atoms with van der Waals surface area (Å²) in [5.41, 5.74) is 4.54. The molecule has 3 amide bonds. The number of nitrogens with zero attached hydrogens (tertiary/aromatic N) is 1. The smallest absolute Gasteiger partial charge is 0.325 e. The maximum atomic E-state index is 12.3. The number of carbonyl (C=O) groups excluding carboxylic acids is 2. The molecule has 0 bridgehead atoms. The largest absolute Gasteiger partial charge is 0.381 e. The van der Waals surface area contributed by atoms with Gasteiger partial charge in [-0.1, -0.05) is 0 Å². The Morgan fingerprint density at radius 1 is 1.33 bits per heavy atom. The van der Waals surface area contributed by atoms with Crippen molar-refractivity contribution < 1.29 is 19.1 Å². The zero-order chi connectivity index (χ0) is 13.0. The standard InChI is InChI=1S/C11H19N3O4/c12-3-7-18-8-4-14-9(15)11(13-10(14)16)1-5-17-6-2-11/h1-8,12H2,(H,13,16). The van der Waals surface area contributed by atoms with Gasteiger partial charge >= 0.3 is 6.03 Å². The van der Waals surface area contributed by atoms with Crippen molar-refractivity contribution >= 4 is 11.9 Å². The molecule has 0 unspecified atom stereocenters. The van der Waals surface area contributed by atoms with E-state index in [1.165, 1.54) is 4.90 Å². The van der Waals surface area contributed by atoms with Crippen molar-refractivity contribution in [1.82, 2.24) is 10.2 Å². The number of amides is 3. The summed E-state index contributed by atoms with van der Waals surface area (Å²) in [7, 11) is 0. The number of hydrogen-bond acceptors (Lipinski definition) is 5. The quantitative estimate of drug-likeness (QED) is 0.490. The first-order chi connectivity index (χ1) is 8.69. The molecule has 0 aromatic heterocycles. The number of rotatable bonds is 5. The topological polar surface area (TPSA) is 93.9 Å². The lowest BCUT2D eigenvalue weighted by Crippen LogP contribution is -2.51. The average molecular weight is 257 g/mol. The third kappa shape index (κ3) is 2.47. The van der Waals surface area contributed by atoms with Gasteiger partial charge in [-0.2, -0.15) is 0 Å². The highest BCUT2D eigenvalue weighted by Crippen LogP contribution is 2.28. The molecule has 0 radical (unpaired) electrons. The van der Waals surface area contributed by atoms with E-state index >= 15 is 0 Å². The van der Waals surface area contributed by atoms with Crippen molar-refractivity contribution in [3.63, 3.8) is 0 Å². The van der Waals surface area contributed by atoms with Gasteiger partial charge < -0.3 is 20.5 Å². The van der Waals surface area contributed by atoms with Crippen LogP contribution in [0.2, 0.25) is 0 Å². The second-order valence-electron chi connectivity index (χ2n) is 4.48. The highest BCUT2D eigenvalue weighted by molar-refractivity contribution is 6.07. The van der Waals surface area contributed by atoms with Crippen LogP contribution in [0.3, 0.4) is 0 Å². The molecule has 7 nitrogen and oxygen atoms in total. The molecule has 0 aliphatic carbocycles. The third-order valence-corrected chi connectivity index (χ3v) is 3.31. The van der Waals surface area contributed by atoms with Crippen molar-refractivity contribution in [1.29, 1.82) is 0 Å². The Balaban J connectivity index is 1.92. The lowest BCUT2D eigenvalue weighted by Gasteiger charge is -2.30. The molecule has 2 aliphatic rings. The van der Waals surface area contributed by atoms with Crippen LogP contribution in [0.15, 0.2) is 0 Å². The molecule has 0 saturated carbocycles. The van der Waals surface area contributed by atoms with Crippen LogP contribution < -0.4 is 11.1 Å². The van der Waals surface area contributed by atoms with Crippen LogP contribution in [0.4, 0.5) is 4.79 Å². The summed E-state index contributed by atoms with van der Waals surface area (Å²) in [6.07, 6.45) is 1.08. The maximum absolute atomic E-state index is 12.3. The van der Waals surface area contributed by atoms with E-state index in [9.17, 15) is 9.59 Å². The van der Waals surface area contributed by atoms with Crippen molar-refractivity contribution in [3.05, 3.63) is 0 Å². The highest BCUT2D eigenvalue weighted by atomic mass is 16.5. The Bertz CT molecular complexity index is 328. The van der Waals surface area contributed by atoms with Gasteiger partial charge in [0.25, 0.3) is 5.91 Å². The highest BCUT2D eigenvalue weighted by Gasteiger charge is 2.51. The van der Waals surface area contributed by atoms with Gasteiger partial charge in [0.1, 0.15) is 5.54 Å². The van der Waals surface area contributed by atoms with Crippen molar-refractivity contribution in [2.75, 3.05) is 39.5 Å². The van der Waals surface area contributed by atoms with Gasteiger partial charge in [-0.15, -0.1) is 0 Å². The molecule has 18 heavy (non-hydrogen) atoms. The second kappa shape index (κ2) is 5.64. The fourth-order valence-electron chi connectivity index (χ4n) is 2.28. The number of carbonyl (C=O) groups is 2. The van der Waals surface area contributed by atoms with Crippen LogP contribution in [0, 0.1) is 0 Å². The zero-order valence-corrected chi connectivity index (χ0v) is 10.3. The summed E-state index contributed by atoms with van der Waals surface area (Å²) in [4.78, 5) is 25.3. The first-order valence-corrected chi connectivity index (χ1v) is 6.19. The van der Waals surface area contributed by atoms with Crippen LogP contribution in [0.5, 0.6) is 0 Å². The Labute approximate surface area is 106 Å². The molecular weight excluding hydrogens is 238 g/mol. The van der Waals surface area contributed by atoms with E-state index in [1.54, 1.807) is 0 Å². The number of nitrogens with one attached hydrogen (secondary N) is 1. The number of ether oxygens (including phenoxy) is 2. The second-order valence-corrected chi connectivity index (χ2v) is 4.48. The van der Waals surface area contributed by atoms with Crippen LogP contribution in [-0.4, -0.2) is 61.9 Å². The monoisotopic (exact) mass is 257 g/mol. The molecule has 0 aromatic carbocycles. The van der Waals surface area contributed by atoms with E-state index in [-0.39, 0.29) is 18.5 Å². The van der Waals surface area contributed by atoms with Crippen LogP contribution in [0.25, 0.3) is 0 Å². The minimum atomic E-state index is -0.747. The van der Waals surface area contributed by atoms with Crippen LogP contribution >= 0.6 is 0 Å². The first kappa shape index (κ1) is 13.3. The average Bonchev–Trinajstić information content (AvgIpc) is 2.59. The molecule has 2 aliphatic heterocycles. The third-order valence-electron chi connectivity index (χ3n) is 3.31. The Morgan fingerprint density at radius 2 is 2.06 bits per heavy atom. The minimum Gasteiger partial charge on any atom is -0.381 e. The van der Waals surface area contributed by atoms with E-state index in [0.717, 1.165) is 0 Å². The summed E-state index contributed by atoms with van der Waals surface area (Å²) in [5, 5.41) is 2.79. The summed E-state index contributed by atoms with van der Waals surface area (Å²) < 4.78 is 10.4. The minimum absolute atomic E-state index is 0.160. The summed E-state index contributed by atoms with van der Waals surface area (Å²) in [5.74, 6) is -0.160. The Hall–Kier alpha value is -1.18. The van der Waals surface area contributed by atoms with E-state index in [4.69, 9.17) is 15.2 Å². The van der Waals surface area contributed by atoms with Crippen LogP contribution in [-0.2, 0) is 14.3 Å². The summed E-state index contributed by atoms with van der Waals surface area (Å²) in [6.45, 7) is 2.47. The molecule has 3 N–H and O–H groups in total. The predicted octanol–water partition coefficient (Wildman–Crippen LogP) is -0.937. The molecule has 7 heteroatoms. The van der Waals surface area contributed by atoms with Crippen molar-refractivity contribution in [3.8, 4) is 0 Å². The molecule has 2 saturated heterocycles. The number of hydrogen-bond donors (Lipinski definition) is 2. The van der Waals surface area contributed by atoms with Gasteiger partial charge in [-0.3, -0.25) is 9.69 Å². The number of urea groups is 1. The number of imide groups is 1. The van der Waals surface area contributed by atoms with E-state index < -0.39 is 5.54 Å². The molecule has 0 atom stereocenters. The van der Waals surface area contributed by atoms with Crippen LogP contribution in [0.1, 0.15) is 12.8 Å². The van der Waals surface area contributed by atoms with Gasteiger partial charge in [-0.25, -0.2) is 4.79 Å². The Kier molecular flexibility index (Phi) is 4.15. The summed E-state index contributed by atoms with van der Waals surface area (Å²) in [6, 6.07) is -0.335. The molecular formula is C11H19N3O4. The molecule has 2 rings (SSSR count). The SMILES string of the molecule is NCCOCCN1C(=O)NC2(CCOCC2)C1=O. The normalized spacial score (nSPS) is 22.6.